The molecule has 2 rings (SSSR count). The first-order valence-electron chi connectivity index (χ1n) is 5.13. The number of rotatable bonds is 1. The van der Waals surface area contributed by atoms with Crippen LogP contribution in [0.25, 0.3) is 0 Å². The topological polar surface area (TPSA) is 32.3 Å². The minimum Gasteiger partial charge on any atom is -0.336 e. The van der Waals surface area contributed by atoms with Crippen molar-refractivity contribution in [2.45, 2.75) is 0 Å². The third-order valence-corrected chi connectivity index (χ3v) is 2.80. The Balaban J connectivity index is 2.19. The second kappa shape index (κ2) is 4.80. The fourth-order valence-electron chi connectivity index (χ4n) is 1.70. The maximum Gasteiger partial charge on any atom is 0.256 e. The van der Waals surface area contributed by atoms with Crippen LogP contribution in [0.1, 0.15) is 10.4 Å². The number of piperazine rings is 1. The molecule has 1 N–H and O–H groups in total. The molecule has 0 radical (unpaired) electrons. The van der Waals surface area contributed by atoms with Gasteiger partial charge in [-0.1, -0.05) is 11.6 Å². The van der Waals surface area contributed by atoms with Crippen LogP contribution in [0.2, 0.25) is 5.02 Å². The van der Waals surface area contributed by atoms with Gasteiger partial charge in [-0.05, 0) is 18.2 Å². The van der Waals surface area contributed by atoms with Gasteiger partial charge in [0.2, 0.25) is 0 Å². The smallest absolute Gasteiger partial charge is 0.256 e. The van der Waals surface area contributed by atoms with E-state index in [4.69, 9.17) is 11.6 Å². The van der Waals surface area contributed by atoms with E-state index in [0.29, 0.717) is 18.1 Å². The molecule has 3 nitrogen and oxygen atoms in total. The summed E-state index contributed by atoms with van der Waals surface area (Å²) in [6.07, 6.45) is 0. The molecule has 1 amide bonds. The minimum absolute atomic E-state index is 0.0892. The van der Waals surface area contributed by atoms with Crippen molar-refractivity contribution >= 4 is 17.5 Å². The molecule has 0 atom stereocenters. The molecule has 1 aromatic carbocycles. The Bertz CT molecular complexity index is 405. The Morgan fingerprint density at radius 1 is 1.38 bits per heavy atom. The number of carbonyl (C=O) groups is 1. The fourth-order valence-corrected chi connectivity index (χ4v) is 1.86. The molecule has 86 valence electrons. The molecular formula is C11H12ClFN2O. The van der Waals surface area contributed by atoms with Gasteiger partial charge in [0, 0.05) is 31.2 Å². The molecule has 0 unspecified atom stereocenters. The van der Waals surface area contributed by atoms with Gasteiger partial charge in [-0.2, -0.15) is 0 Å². The molecule has 1 heterocycles. The van der Waals surface area contributed by atoms with Gasteiger partial charge in [-0.3, -0.25) is 4.79 Å². The number of halogens is 2. The third-order valence-electron chi connectivity index (χ3n) is 2.57. The van der Waals surface area contributed by atoms with Crippen molar-refractivity contribution in [1.29, 1.82) is 0 Å². The van der Waals surface area contributed by atoms with Crippen LogP contribution in [-0.4, -0.2) is 37.0 Å². The highest BCUT2D eigenvalue weighted by Crippen LogP contribution is 2.16. The lowest BCUT2D eigenvalue weighted by atomic mass is 10.1. The van der Waals surface area contributed by atoms with Gasteiger partial charge in [0.25, 0.3) is 5.91 Å². The van der Waals surface area contributed by atoms with Crippen molar-refractivity contribution in [3.8, 4) is 0 Å². The number of nitrogens with one attached hydrogen (secondary N) is 1. The molecule has 1 aromatic rings. The molecule has 1 aliphatic heterocycles. The highest BCUT2D eigenvalue weighted by molar-refractivity contribution is 6.30. The number of hydrogen-bond donors (Lipinski definition) is 1. The normalized spacial score (nSPS) is 16.2. The van der Waals surface area contributed by atoms with Crippen LogP contribution in [0, 0.1) is 5.82 Å². The van der Waals surface area contributed by atoms with Crippen LogP contribution < -0.4 is 5.32 Å². The largest absolute Gasteiger partial charge is 0.336 e. The van der Waals surface area contributed by atoms with Crippen molar-refractivity contribution in [2.75, 3.05) is 26.2 Å². The molecule has 0 saturated carbocycles. The van der Waals surface area contributed by atoms with E-state index in [9.17, 15) is 9.18 Å². The molecule has 1 saturated heterocycles. The maximum absolute atomic E-state index is 13.5. The Hall–Kier alpha value is -1.13. The molecule has 0 bridgehead atoms. The van der Waals surface area contributed by atoms with Crippen LogP contribution in [-0.2, 0) is 0 Å². The van der Waals surface area contributed by atoms with Crippen LogP contribution in [0.3, 0.4) is 0 Å². The van der Waals surface area contributed by atoms with E-state index in [2.05, 4.69) is 5.32 Å². The maximum atomic E-state index is 13.5. The summed E-state index contributed by atoms with van der Waals surface area (Å²) in [6.45, 7) is 2.73. The Morgan fingerprint density at radius 3 is 2.69 bits per heavy atom. The predicted octanol–water partition coefficient (Wildman–Crippen LogP) is 1.52. The second-order valence-corrected chi connectivity index (χ2v) is 4.10. The standard InChI is InChI=1S/C11H12ClFN2O/c12-8-1-2-9(10(13)7-8)11(16)15-5-3-14-4-6-15/h1-2,7,14H,3-6H2. The highest BCUT2D eigenvalue weighted by Gasteiger charge is 2.20. The SMILES string of the molecule is O=C(c1ccc(Cl)cc1F)N1CCNCC1. The van der Waals surface area contributed by atoms with Crippen LogP contribution in [0.15, 0.2) is 18.2 Å². The number of nitrogens with zero attached hydrogens (tertiary/aromatic N) is 1. The van der Waals surface area contributed by atoms with Crippen molar-refractivity contribution in [3.63, 3.8) is 0 Å². The van der Waals surface area contributed by atoms with Gasteiger partial charge >= 0.3 is 0 Å². The summed E-state index contributed by atoms with van der Waals surface area (Å²) in [5.41, 5.74) is 0.0892. The Labute approximate surface area is 98.2 Å². The van der Waals surface area contributed by atoms with E-state index in [1.54, 1.807) is 4.90 Å². The zero-order chi connectivity index (χ0) is 11.5. The van der Waals surface area contributed by atoms with E-state index in [1.807, 2.05) is 0 Å². The second-order valence-electron chi connectivity index (χ2n) is 3.67. The van der Waals surface area contributed by atoms with E-state index >= 15 is 0 Å². The fraction of sp³-hybridized carbons (Fsp3) is 0.364. The van der Waals surface area contributed by atoms with Gasteiger partial charge in [0.1, 0.15) is 5.82 Å². The van der Waals surface area contributed by atoms with Gasteiger partial charge in [-0.25, -0.2) is 4.39 Å². The van der Waals surface area contributed by atoms with Crippen LogP contribution in [0.5, 0.6) is 0 Å². The van der Waals surface area contributed by atoms with Crippen LogP contribution >= 0.6 is 11.6 Å². The van der Waals surface area contributed by atoms with Gasteiger partial charge < -0.3 is 10.2 Å². The monoisotopic (exact) mass is 242 g/mol. The highest BCUT2D eigenvalue weighted by atomic mass is 35.5. The van der Waals surface area contributed by atoms with Crippen molar-refractivity contribution < 1.29 is 9.18 Å². The zero-order valence-corrected chi connectivity index (χ0v) is 9.43. The van der Waals surface area contributed by atoms with Gasteiger partial charge in [0.05, 0.1) is 5.56 Å². The molecule has 0 aromatic heterocycles. The summed E-state index contributed by atoms with van der Waals surface area (Å²) in [5.74, 6) is -0.827. The van der Waals surface area contributed by atoms with E-state index < -0.39 is 5.82 Å². The zero-order valence-electron chi connectivity index (χ0n) is 8.67. The third kappa shape index (κ3) is 2.33. The van der Waals surface area contributed by atoms with Crippen molar-refractivity contribution in [2.24, 2.45) is 0 Å². The van der Waals surface area contributed by atoms with E-state index in [1.165, 1.54) is 12.1 Å². The number of carbonyl (C=O) groups excluding carboxylic acids is 1. The first-order valence-corrected chi connectivity index (χ1v) is 5.51. The predicted molar refractivity (Wildman–Crippen MR) is 60.2 cm³/mol. The Morgan fingerprint density at radius 2 is 2.06 bits per heavy atom. The summed E-state index contributed by atoms with van der Waals surface area (Å²) < 4.78 is 13.5. The quantitative estimate of drug-likeness (QED) is 0.810. The van der Waals surface area contributed by atoms with E-state index in [-0.39, 0.29) is 11.5 Å². The molecule has 5 heteroatoms. The molecule has 1 fully saturated rings. The summed E-state index contributed by atoms with van der Waals surface area (Å²) in [6, 6.07) is 4.12. The molecule has 1 aliphatic rings. The Kier molecular flexibility index (Phi) is 3.41. The number of benzene rings is 1. The van der Waals surface area contributed by atoms with Crippen LogP contribution in [0.4, 0.5) is 4.39 Å². The summed E-state index contributed by atoms with van der Waals surface area (Å²) in [7, 11) is 0. The lowest BCUT2D eigenvalue weighted by Crippen LogP contribution is -2.46. The molecular weight excluding hydrogens is 231 g/mol. The summed E-state index contributed by atoms with van der Waals surface area (Å²) >= 11 is 5.63. The van der Waals surface area contributed by atoms with Crippen molar-refractivity contribution in [3.05, 3.63) is 34.6 Å². The van der Waals surface area contributed by atoms with E-state index in [0.717, 1.165) is 19.2 Å². The first-order chi connectivity index (χ1) is 7.68. The molecule has 0 aliphatic carbocycles. The van der Waals surface area contributed by atoms with Gasteiger partial charge in [-0.15, -0.1) is 0 Å². The van der Waals surface area contributed by atoms with Gasteiger partial charge in [0.15, 0.2) is 0 Å². The van der Waals surface area contributed by atoms with Crippen molar-refractivity contribution in [1.82, 2.24) is 10.2 Å². The minimum atomic E-state index is -0.559. The molecule has 16 heavy (non-hydrogen) atoms. The lowest BCUT2D eigenvalue weighted by molar-refractivity contribution is 0.0731. The summed E-state index contributed by atoms with van der Waals surface area (Å²) in [4.78, 5) is 13.6. The number of hydrogen-bond acceptors (Lipinski definition) is 2. The average molecular weight is 243 g/mol. The molecule has 0 spiro atoms. The first kappa shape index (κ1) is 11.4. The average Bonchev–Trinajstić information content (AvgIpc) is 2.29. The number of amides is 1. The summed E-state index contributed by atoms with van der Waals surface area (Å²) in [5, 5.41) is 3.44. The lowest BCUT2D eigenvalue weighted by Gasteiger charge is -2.27.